The van der Waals surface area contributed by atoms with Crippen molar-refractivity contribution in [3.63, 3.8) is 0 Å². The highest BCUT2D eigenvalue weighted by molar-refractivity contribution is 6.69. The van der Waals surface area contributed by atoms with Gasteiger partial charge < -0.3 is 28.1 Å². The maximum Gasteiger partial charge on any atom is 0.337 e. The first-order chi connectivity index (χ1) is 19.1. The van der Waals surface area contributed by atoms with Gasteiger partial charge in [0.15, 0.2) is 20.9 Å². The molecule has 0 aliphatic carbocycles. The Morgan fingerprint density at radius 1 is 0.925 bits per heavy atom. The Morgan fingerprint density at radius 2 is 1.68 bits per heavy atom. The topological polar surface area (TPSA) is 89.5 Å². The van der Waals surface area contributed by atoms with Crippen molar-refractivity contribution in [3.8, 4) is 17.2 Å². The summed E-state index contributed by atoms with van der Waals surface area (Å²) >= 11 is 0. The summed E-state index contributed by atoms with van der Waals surface area (Å²) in [6.07, 6.45) is -0.621. The van der Waals surface area contributed by atoms with Crippen molar-refractivity contribution in [2.75, 3.05) is 33.7 Å². The fourth-order valence-corrected chi connectivity index (χ4v) is 5.02. The summed E-state index contributed by atoms with van der Waals surface area (Å²) in [5, 5.41) is 0. The Kier molecular flexibility index (Phi) is 9.62. The third kappa shape index (κ3) is 7.71. The van der Waals surface area contributed by atoms with Gasteiger partial charge in [-0.05, 0) is 69.0 Å². The van der Waals surface area contributed by atoms with Gasteiger partial charge in [-0.25, -0.2) is 4.79 Å². The van der Waals surface area contributed by atoms with Crippen molar-refractivity contribution < 1.29 is 37.7 Å². The van der Waals surface area contributed by atoms with Crippen LogP contribution in [0.25, 0.3) is 0 Å². The molecule has 8 nitrogen and oxygen atoms in total. The van der Waals surface area contributed by atoms with E-state index in [1.807, 2.05) is 31.2 Å². The average Bonchev–Trinajstić information content (AvgIpc) is 2.94. The van der Waals surface area contributed by atoms with E-state index in [1.54, 1.807) is 42.5 Å². The van der Waals surface area contributed by atoms with Gasteiger partial charge in [-0.15, -0.1) is 0 Å². The molecule has 3 aromatic carbocycles. The molecule has 2 unspecified atom stereocenters. The van der Waals surface area contributed by atoms with Gasteiger partial charge in [0.1, 0.15) is 30.0 Å². The molecule has 0 N–H and O–H groups in total. The molecule has 2 atom stereocenters. The van der Waals surface area contributed by atoms with Crippen LogP contribution in [0.2, 0.25) is 19.6 Å². The Hall–Kier alpha value is -3.66. The average molecular weight is 565 g/mol. The second-order valence-electron chi connectivity index (χ2n) is 10.5. The molecule has 4 rings (SSSR count). The predicted molar refractivity (Wildman–Crippen MR) is 153 cm³/mol. The van der Waals surface area contributed by atoms with Gasteiger partial charge in [-0.1, -0.05) is 23.8 Å². The maximum absolute atomic E-state index is 13.6. The second kappa shape index (κ2) is 13.1. The molecule has 1 aliphatic heterocycles. The first-order valence-corrected chi connectivity index (χ1v) is 16.6. The quantitative estimate of drug-likeness (QED) is 0.0870. The van der Waals surface area contributed by atoms with Gasteiger partial charge in [0.05, 0.1) is 31.8 Å². The number of esters is 1. The molecule has 0 amide bonds. The molecule has 1 aliphatic rings. The molecular formula is C31H36O8Si. The van der Waals surface area contributed by atoms with Gasteiger partial charge in [-0.2, -0.15) is 0 Å². The number of ether oxygens (including phenoxy) is 5. The van der Waals surface area contributed by atoms with Crippen LogP contribution in [-0.4, -0.2) is 53.8 Å². The smallest absolute Gasteiger partial charge is 0.337 e. The summed E-state index contributed by atoms with van der Waals surface area (Å²) in [5.41, 5.74) is 2.73. The lowest BCUT2D eigenvalue weighted by atomic mass is 9.86. The predicted octanol–water partition coefficient (Wildman–Crippen LogP) is 6.00. The highest BCUT2D eigenvalue weighted by Crippen LogP contribution is 2.41. The standard InChI is InChI=1S/C31H36O8Si/c1-21-7-6-8-23(17-21)29(32)27-19-36-28-18-25(37-20-35-15-16-38-40(3,4)5)13-14-26(28)30(27)39-24-11-9-22(10-12-24)31(33)34-2/h6-14,17-18,27,30H,15-16,19-20H2,1-5H3. The summed E-state index contributed by atoms with van der Waals surface area (Å²) in [6, 6.07) is 19.6. The van der Waals surface area contributed by atoms with Crippen LogP contribution in [0.4, 0.5) is 0 Å². The van der Waals surface area contributed by atoms with Gasteiger partial charge in [-0.3, -0.25) is 4.79 Å². The normalized spacial score (nSPS) is 16.4. The van der Waals surface area contributed by atoms with Crippen molar-refractivity contribution in [2.24, 2.45) is 5.92 Å². The number of benzene rings is 3. The Bertz CT molecular complexity index is 1320. The molecular weight excluding hydrogens is 528 g/mol. The van der Waals surface area contributed by atoms with Gasteiger partial charge >= 0.3 is 5.97 Å². The molecule has 0 saturated heterocycles. The largest absolute Gasteiger partial charge is 0.492 e. The van der Waals surface area contributed by atoms with E-state index in [1.165, 1.54) is 7.11 Å². The lowest BCUT2D eigenvalue weighted by Gasteiger charge is -2.33. The Morgan fingerprint density at radius 3 is 2.38 bits per heavy atom. The number of carbonyl (C=O) groups excluding carboxylic acids is 2. The molecule has 0 saturated carbocycles. The summed E-state index contributed by atoms with van der Waals surface area (Å²) in [6.45, 7) is 9.53. The van der Waals surface area contributed by atoms with E-state index in [2.05, 4.69) is 19.6 Å². The van der Waals surface area contributed by atoms with Gasteiger partial charge in [0, 0.05) is 17.2 Å². The number of hydrogen-bond donors (Lipinski definition) is 0. The fourth-order valence-electron chi connectivity index (χ4n) is 4.33. The number of Topliss-reactive ketones (excluding diaryl/α,β-unsaturated/α-hetero) is 1. The summed E-state index contributed by atoms with van der Waals surface area (Å²) in [5.74, 6) is 0.576. The fraction of sp³-hybridized carbons (Fsp3) is 0.355. The number of carbonyl (C=O) groups is 2. The summed E-state index contributed by atoms with van der Waals surface area (Å²) in [4.78, 5) is 25.5. The molecule has 0 spiro atoms. The minimum absolute atomic E-state index is 0.0696. The Balaban J connectivity index is 1.52. The first kappa shape index (κ1) is 29.3. The molecule has 40 heavy (non-hydrogen) atoms. The SMILES string of the molecule is COC(=O)c1ccc(OC2c3ccc(OCOCCO[Si](C)(C)C)cc3OCC2C(=O)c2cccc(C)c2)cc1. The number of ketones is 1. The molecule has 3 aromatic rings. The Labute approximate surface area is 236 Å². The number of aryl methyl sites for hydroxylation is 1. The zero-order chi connectivity index (χ0) is 28.7. The lowest BCUT2D eigenvalue weighted by molar-refractivity contribution is 0.00114. The number of methoxy groups -OCH3 is 1. The van der Waals surface area contributed by atoms with Crippen LogP contribution in [0.3, 0.4) is 0 Å². The minimum atomic E-state index is -1.57. The van der Waals surface area contributed by atoms with Crippen molar-refractivity contribution >= 4 is 20.1 Å². The van der Waals surface area contributed by atoms with E-state index in [0.29, 0.717) is 41.6 Å². The monoisotopic (exact) mass is 564 g/mol. The van der Waals surface area contributed by atoms with E-state index in [9.17, 15) is 9.59 Å². The minimum Gasteiger partial charge on any atom is -0.492 e. The van der Waals surface area contributed by atoms with Crippen LogP contribution in [-0.2, 0) is 13.9 Å². The van der Waals surface area contributed by atoms with Gasteiger partial charge in [0.25, 0.3) is 0 Å². The summed E-state index contributed by atoms with van der Waals surface area (Å²) < 4.78 is 34.3. The molecule has 0 fully saturated rings. The highest BCUT2D eigenvalue weighted by Gasteiger charge is 2.38. The number of hydrogen-bond acceptors (Lipinski definition) is 8. The zero-order valence-electron chi connectivity index (χ0n) is 23.6. The number of rotatable bonds is 12. The van der Waals surface area contributed by atoms with Gasteiger partial charge in [0.2, 0.25) is 0 Å². The maximum atomic E-state index is 13.6. The van der Waals surface area contributed by atoms with Crippen molar-refractivity contribution in [3.05, 3.63) is 89.0 Å². The van der Waals surface area contributed by atoms with Crippen molar-refractivity contribution in [1.82, 2.24) is 0 Å². The molecule has 9 heteroatoms. The van der Waals surface area contributed by atoms with Crippen LogP contribution in [0.5, 0.6) is 17.2 Å². The van der Waals surface area contributed by atoms with Crippen molar-refractivity contribution in [2.45, 2.75) is 32.7 Å². The van der Waals surface area contributed by atoms with Crippen LogP contribution in [0.1, 0.15) is 37.9 Å². The zero-order valence-corrected chi connectivity index (χ0v) is 24.6. The molecule has 212 valence electrons. The van der Waals surface area contributed by atoms with Crippen LogP contribution in [0.15, 0.2) is 66.7 Å². The highest BCUT2D eigenvalue weighted by atomic mass is 28.4. The lowest BCUT2D eigenvalue weighted by Crippen LogP contribution is -2.35. The molecule has 0 aromatic heterocycles. The van der Waals surface area contributed by atoms with Crippen LogP contribution < -0.4 is 14.2 Å². The second-order valence-corrected chi connectivity index (χ2v) is 15.0. The van der Waals surface area contributed by atoms with Crippen LogP contribution in [0, 0.1) is 12.8 Å². The molecule has 0 bridgehead atoms. The van der Waals surface area contributed by atoms with E-state index in [-0.39, 0.29) is 19.2 Å². The van der Waals surface area contributed by atoms with E-state index in [0.717, 1.165) is 11.1 Å². The third-order valence-electron chi connectivity index (χ3n) is 6.32. The molecule has 1 heterocycles. The van der Waals surface area contributed by atoms with E-state index >= 15 is 0 Å². The van der Waals surface area contributed by atoms with E-state index < -0.39 is 26.3 Å². The molecule has 0 radical (unpaired) electrons. The third-order valence-corrected chi connectivity index (χ3v) is 7.40. The van der Waals surface area contributed by atoms with Crippen molar-refractivity contribution in [1.29, 1.82) is 0 Å². The van der Waals surface area contributed by atoms with E-state index in [4.69, 9.17) is 28.1 Å². The summed E-state index contributed by atoms with van der Waals surface area (Å²) in [7, 11) is -0.241. The van der Waals surface area contributed by atoms with Crippen LogP contribution >= 0.6 is 0 Å². The number of fused-ring (bicyclic) bond motifs is 1. The first-order valence-electron chi connectivity index (χ1n) is 13.2.